The molecule has 25 heavy (non-hydrogen) atoms. The molecular formula is C21H25ClN2S. The van der Waals surface area contributed by atoms with Crippen molar-refractivity contribution in [3.8, 4) is 0 Å². The number of likely N-dealkylation sites (tertiary alicyclic amines) is 1. The molecule has 4 heteroatoms. The lowest BCUT2D eigenvalue weighted by molar-refractivity contribution is 0.283. The number of benzene rings is 2. The first-order chi connectivity index (χ1) is 11.7. The molecule has 2 nitrogen and oxygen atoms in total. The van der Waals surface area contributed by atoms with E-state index < -0.39 is 0 Å². The fourth-order valence-corrected chi connectivity index (χ4v) is 4.86. The summed E-state index contributed by atoms with van der Waals surface area (Å²) in [6.07, 6.45) is 2.63. The number of nitrogens with zero attached hydrogens (tertiary/aromatic N) is 2. The quantitative estimate of drug-likeness (QED) is 0.587. The van der Waals surface area contributed by atoms with Crippen LogP contribution < -0.4 is 0 Å². The predicted octanol–water partition coefficient (Wildman–Crippen LogP) is 5.62. The van der Waals surface area contributed by atoms with Crippen molar-refractivity contribution in [2.45, 2.75) is 42.1 Å². The summed E-state index contributed by atoms with van der Waals surface area (Å²) in [5, 5.41) is 1.38. The average Bonchev–Trinajstić information content (AvgIpc) is 3.13. The van der Waals surface area contributed by atoms with Gasteiger partial charge in [-0.1, -0.05) is 48.2 Å². The predicted molar refractivity (Wildman–Crippen MR) is 110 cm³/mol. The van der Waals surface area contributed by atoms with Crippen molar-refractivity contribution in [2.24, 2.45) is 0 Å². The molecule has 1 atom stereocenters. The fraction of sp³-hybridized carbons (Fsp3) is 0.333. The molecule has 0 saturated carbocycles. The van der Waals surface area contributed by atoms with Crippen LogP contribution in [-0.2, 0) is 6.54 Å². The molecule has 4 rings (SSSR count). The van der Waals surface area contributed by atoms with Gasteiger partial charge in [-0.2, -0.15) is 0 Å². The third-order valence-corrected chi connectivity index (χ3v) is 6.43. The van der Waals surface area contributed by atoms with Gasteiger partial charge in [-0.25, -0.2) is 0 Å². The molecule has 0 amide bonds. The molecule has 1 saturated heterocycles. The van der Waals surface area contributed by atoms with Crippen molar-refractivity contribution < 1.29 is 0 Å². The Morgan fingerprint density at radius 1 is 1.04 bits per heavy atom. The van der Waals surface area contributed by atoms with Gasteiger partial charge in [0.2, 0.25) is 0 Å². The van der Waals surface area contributed by atoms with Gasteiger partial charge >= 0.3 is 0 Å². The maximum Gasteiger partial charge on any atom is 0.0494 e. The van der Waals surface area contributed by atoms with Crippen LogP contribution in [0.2, 0.25) is 0 Å². The van der Waals surface area contributed by atoms with Crippen molar-refractivity contribution in [3.63, 3.8) is 0 Å². The van der Waals surface area contributed by atoms with Crippen molar-refractivity contribution in [2.75, 3.05) is 13.6 Å². The lowest BCUT2D eigenvalue weighted by atomic mass is 10.2. The van der Waals surface area contributed by atoms with Crippen molar-refractivity contribution >= 4 is 35.1 Å². The van der Waals surface area contributed by atoms with Gasteiger partial charge in [0.05, 0.1) is 0 Å². The highest BCUT2D eigenvalue weighted by molar-refractivity contribution is 7.99. The number of likely N-dealkylation sites (N-methyl/N-ethyl adjacent to an activating group) is 1. The molecule has 0 radical (unpaired) electrons. The summed E-state index contributed by atoms with van der Waals surface area (Å²) in [6, 6.07) is 20.2. The first-order valence-corrected chi connectivity index (χ1v) is 9.56. The van der Waals surface area contributed by atoms with Crippen LogP contribution >= 0.6 is 24.2 Å². The highest BCUT2D eigenvalue weighted by atomic mass is 35.5. The zero-order valence-electron chi connectivity index (χ0n) is 14.8. The van der Waals surface area contributed by atoms with Gasteiger partial charge in [0.25, 0.3) is 0 Å². The minimum atomic E-state index is 0. The Morgan fingerprint density at radius 3 is 2.48 bits per heavy atom. The number of hydrogen-bond acceptors (Lipinski definition) is 2. The summed E-state index contributed by atoms with van der Waals surface area (Å²) in [4.78, 5) is 5.22. The van der Waals surface area contributed by atoms with Gasteiger partial charge in [-0.15, -0.1) is 12.4 Å². The number of halogens is 1. The molecule has 2 heterocycles. The number of rotatable bonds is 4. The number of aromatic nitrogens is 1. The minimum Gasteiger partial charge on any atom is -0.342 e. The van der Waals surface area contributed by atoms with Gasteiger partial charge in [0.1, 0.15) is 0 Å². The summed E-state index contributed by atoms with van der Waals surface area (Å²) >= 11 is 1.89. The minimum absolute atomic E-state index is 0. The molecule has 3 aromatic rings. The van der Waals surface area contributed by atoms with E-state index in [1.807, 2.05) is 11.8 Å². The van der Waals surface area contributed by atoms with E-state index >= 15 is 0 Å². The van der Waals surface area contributed by atoms with Gasteiger partial charge < -0.3 is 9.47 Å². The first kappa shape index (κ1) is 18.4. The van der Waals surface area contributed by atoms with E-state index in [2.05, 4.69) is 78.0 Å². The van der Waals surface area contributed by atoms with Gasteiger partial charge in [0, 0.05) is 39.0 Å². The second-order valence-electron chi connectivity index (χ2n) is 6.73. The van der Waals surface area contributed by atoms with Crippen LogP contribution in [0.3, 0.4) is 0 Å². The molecule has 0 aliphatic carbocycles. The summed E-state index contributed by atoms with van der Waals surface area (Å²) in [6.45, 7) is 4.60. The van der Waals surface area contributed by atoms with Crippen LogP contribution in [0.4, 0.5) is 0 Å². The Kier molecular flexibility index (Phi) is 5.78. The zero-order valence-corrected chi connectivity index (χ0v) is 16.4. The molecule has 0 bridgehead atoms. The van der Waals surface area contributed by atoms with E-state index in [4.69, 9.17) is 0 Å². The molecule has 2 aromatic carbocycles. The smallest absolute Gasteiger partial charge is 0.0494 e. The highest BCUT2D eigenvalue weighted by Gasteiger charge is 2.23. The third-order valence-electron chi connectivity index (χ3n) is 5.20. The maximum absolute atomic E-state index is 2.53. The van der Waals surface area contributed by atoms with E-state index in [1.54, 1.807) is 0 Å². The Balaban J connectivity index is 0.00000182. The molecular weight excluding hydrogens is 348 g/mol. The van der Waals surface area contributed by atoms with Crippen molar-refractivity contribution in [3.05, 3.63) is 60.3 Å². The zero-order chi connectivity index (χ0) is 16.5. The molecule has 1 unspecified atom stereocenters. The van der Waals surface area contributed by atoms with Crippen LogP contribution in [0.25, 0.3) is 10.9 Å². The van der Waals surface area contributed by atoms with Gasteiger partial charge in [-0.3, -0.25) is 0 Å². The lowest BCUT2D eigenvalue weighted by Gasteiger charge is -2.21. The van der Waals surface area contributed by atoms with Crippen LogP contribution in [0.15, 0.2) is 64.4 Å². The normalized spacial score (nSPS) is 17.8. The van der Waals surface area contributed by atoms with Crippen LogP contribution in [-0.4, -0.2) is 29.1 Å². The van der Waals surface area contributed by atoms with Crippen molar-refractivity contribution in [1.29, 1.82) is 0 Å². The molecule has 1 aromatic heterocycles. The van der Waals surface area contributed by atoms with E-state index in [9.17, 15) is 0 Å². The Bertz CT molecular complexity index is 844. The molecule has 132 valence electrons. The SMILES string of the molecule is Cc1c(Sc2ccccc2)c2ccccc2n1CC1CCCN1C.Cl. The standard InChI is InChI=1S/C21H24N2S.ClH/c1-16-21(24-18-10-4-3-5-11-18)19-12-6-7-13-20(19)23(16)15-17-9-8-14-22(17)2;/h3-7,10-13,17H,8-9,14-15H2,1-2H3;1H. The summed E-state index contributed by atoms with van der Waals surface area (Å²) < 4.78 is 2.53. The van der Waals surface area contributed by atoms with Crippen LogP contribution in [0.1, 0.15) is 18.5 Å². The number of hydrogen-bond donors (Lipinski definition) is 0. The van der Waals surface area contributed by atoms with E-state index in [-0.39, 0.29) is 12.4 Å². The van der Waals surface area contributed by atoms with E-state index in [1.165, 1.54) is 45.8 Å². The van der Waals surface area contributed by atoms with Crippen LogP contribution in [0.5, 0.6) is 0 Å². The highest BCUT2D eigenvalue weighted by Crippen LogP contribution is 2.38. The Morgan fingerprint density at radius 2 is 1.76 bits per heavy atom. The molecule has 1 aliphatic rings. The second-order valence-corrected chi connectivity index (χ2v) is 7.82. The number of para-hydroxylation sites is 1. The van der Waals surface area contributed by atoms with E-state index in [0.29, 0.717) is 6.04 Å². The van der Waals surface area contributed by atoms with Gasteiger partial charge in [-0.05, 0) is 51.6 Å². The lowest BCUT2D eigenvalue weighted by Crippen LogP contribution is -2.29. The first-order valence-electron chi connectivity index (χ1n) is 8.75. The Labute approximate surface area is 160 Å². The Hall–Kier alpha value is -1.42. The molecule has 0 N–H and O–H groups in total. The summed E-state index contributed by atoms with van der Waals surface area (Å²) in [5.74, 6) is 0. The monoisotopic (exact) mass is 372 g/mol. The van der Waals surface area contributed by atoms with E-state index in [0.717, 1.165) is 6.54 Å². The third kappa shape index (κ3) is 3.59. The average molecular weight is 373 g/mol. The number of fused-ring (bicyclic) bond motifs is 1. The molecule has 1 fully saturated rings. The second kappa shape index (κ2) is 7.86. The molecule has 1 aliphatic heterocycles. The van der Waals surface area contributed by atoms with Crippen molar-refractivity contribution in [1.82, 2.24) is 9.47 Å². The largest absolute Gasteiger partial charge is 0.342 e. The molecule has 0 spiro atoms. The summed E-state index contributed by atoms with van der Waals surface area (Å²) in [5.41, 5.74) is 2.76. The van der Waals surface area contributed by atoms with Crippen LogP contribution in [0, 0.1) is 6.92 Å². The summed E-state index contributed by atoms with van der Waals surface area (Å²) in [7, 11) is 2.26. The maximum atomic E-state index is 2.53. The topological polar surface area (TPSA) is 8.17 Å². The van der Waals surface area contributed by atoms with Gasteiger partial charge in [0.15, 0.2) is 0 Å². The fourth-order valence-electron chi connectivity index (χ4n) is 3.79.